The van der Waals surface area contributed by atoms with Crippen LogP contribution in [0, 0.1) is 5.92 Å². The zero-order chi connectivity index (χ0) is 13.3. The van der Waals surface area contributed by atoms with Crippen molar-refractivity contribution in [2.45, 2.75) is 49.4 Å². The maximum Gasteiger partial charge on any atom is 0.327 e. The van der Waals surface area contributed by atoms with E-state index in [2.05, 4.69) is 5.32 Å². The molecule has 3 aliphatic rings. The van der Waals surface area contributed by atoms with E-state index in [0.29, 0.717) is 23.8 Å². The number of thioether (sulfide) groups is 1. The number of rotatable bonds is 8. The van der Waals surface area contributed by atoms with Crippen molar-refractivity contribution in [1.29, 1.82) is 0 Å². The van der Waals surface area contributed by atoms with Crippen LogP contribution >= 0.6 is 11.8 Å². The van der Waals surface area contributed by atoms with E-state index >= 15 is 0 Å². The normalized spacial score (nSPS) is 26.6. The zero-order valence-corrected chi connectivity index (χ0v) is 12.3. The number of hydrogen-bond donors (Lipinski definition) is 1. The number of esters is 1. The molecule has 108 valence electrons. The number of carbonyl (C=O) groups excluding carboxylic acids is 1. The molecule has 0 bridgehead atoms. The molecular formula is C14H23NO3S. The first-order valence-electron chi connectivity index (χ1n) is 7.39. The Morgan fingerprint density at radius 2 is 2.11 bits per heavy atom. The van der Waals surface area contributed by atoms with Gasteiger partial charge in [-0.2, -0.15) is 11.8 Å². The minimum Gasteiger partial charge on any atom is -0.465 e. The molecular weight excluding hydrogens is 262 g/mol. The van der Waals surface area contributed by atoms with Crippen molar-refractivity contribution in [1.82, 2.24) is 5.32 Å². The smallest absolute Gasteiger partial charge is 0.327 e. The highest BCUT2D eigenvalue weighted by Gasteiger charge is 2.54. The van der Waals surface area contributed by atoms with Crippen LogP contribution in [0.1, 0.15) is 32.6 Å². The van der Waals surface area contributed by atoms with Crippen LogP contribution in [0.3, 0.4) is 0 Å². The predicted molar refractivity (Wildman–Crippen MR) is 75.3 cm³/mol. The minimum absolute atomic E-state index is 0.0304. The highest BCUT2D eigenvalue weighted by molar-refractivity contribution is 8.00. The van der Waals surface area contributed by atoms with E-state index in [9.17, 15) is 4.79 Å². The van der Waals surface area contributed by atoms with Gasteiger partial charge in [-0.3, -0.25) is 10.1 Å². The van der Waals surface area contributed by atoms with E-state index in [1.165, 1.54) is 12.8 Å². The fraction of sp³-hybridized carbons (Fsp3) is 0.929. The van der Waals surface area contributed by atoms with Crippen LogP contribution in [0.2, 0.25) is 0 Å². The monoisotopic (exact) mass is 285 g/mol. The Morgan fingerprint density at radius 3 is 2.58 bits per heavy atom. The van der Waals surface area contributed by atoms with Gasteiger partial charge in [0.15, 0.2) is 0 Å². The summed E-state index contributed by atoms with van der Waals surface area (Å²) in [4.78, 5) is 12.5. The maximum absolute atomic E-state index is 12.5. The lowest BCUT2D eigenvalue weighted by Crippen LogP contribution is -2.58. The number of carbonyl (C=O) groups is 1. The molecule has 0 spiro atoms. The molecule has 1 saturated heterocycles. The Hall–Kier alpha value is -0.260. The Kier molecular flexibility index (Phi) is 4.06. The quantitative estimate of drug-likeness (QED) is 0.686. The van der Waals surface area contributed by atoms with Crippen LogP contribution in [-0.2, 0) is 14.3 Å². The molecule has 3 fully saturated rings. The molecule has 19 heavy (non-hydrogen) atoms. The summed E-state index contributed by atoms with van der Waals surface area (Å²) in [7, 11) is 0. The summed E-state index contributed by atoms with van der Waals surface area (Å²) >= 11 is 1.87. The van der Waals surface area contributed by atoms with Crippen molar-refractivity contribution in [3.8, 4) is 0 Å². The summed E-state index contributed by atoms with van der Waals surface area (Å²) in [5.74, 6) is 1.28. The molecule has 4 nitrogen and oxygen atoms in total. The van der Waals surface area contributed by atoms with Crippen molar-refractivity contribution < 1.29 is 14.3 Å². The Balaban J connectivity index is 1.67. The predicted octanol–water partition coefficient (Wildman–Crippen LogP) is 1.58. The number of ether oxygens (including phenoxy) is 2. The van der Waals surface area contributed by atoms with Gasteiger partial charge in [-0.15, -0.1) is 0 Å². The molecule has 0 aromatic carbocycles. The van der Waals surface area contributed by atoms with E-state index in [-0.39, 0.29) is 5.97 Å². The van der Waals surface area contributed by atoms with Crippen LogP contribution < -0.4 is 5.32 Å². The van der Waals surface area contributed by atoms with E-state index in [4.69, 9.17) is 9.47 Å². The summed E-state index contributed by atoms with van der Waals surface area (Å²) in [5.41, 5.74) is -0.433. The highest BCUT2D eigenvalue weighted by Crippen LogP contribution is 2.44. The largest absolute Gasteiger partial charge is 0.465 e. The van der Waals surface area contributed by atoms with Gasteiger partial charge in [0.1, 0.15) is 5.54 Å². The average Bonchev–Trinajstić information content (AvgIpc) is 3.19. The lowest BCUT2D eigenvalue weighted by Gasteiger charge is -2.35. The number of hydrogen-bond acceptors (Lipinski definition) is 5. The third-order valence-corrected chi connectivity index (χ3v) is 5.47. The second-order valence-electron chi connectivity index (χ2n) is 5.86. The Labute approximate surface area is 119 Å². The summed E-state index contributed by atoms with van der Waals surface area (Å²) in [6.07, 6.45) is 4.71. The highest BCUT2D eigenvalue weighted by atomic mass is 32.2. The summed E-state index contributed by atoms with van der Waals surface area (Å²) in [5, 5.41) is 4.18. The van der Waals surface area contributed by atoms with Crippen LogP contribution in [0.4, 0.5) is 0 Å². The third-order valence-electron chi connectivity index (χ3n) is 4.11. The van der Waals surface area contributed by atoms with Gasteiger partial charge in [0, 0.05) is 11.8 Å². The van der Waals surface area contributed by atoms with Gasteiger partial charge in [0.05, 0.1) is 25.1 Å². The molecule has 1 unspecified atom stereocenters. The lowest BCUT2D eigenvalue weighted by atomic mass is 9.95. The van der Waals surface area contributed by atoms with E-state index < -0.39 is 5.54 Å². The SMILES string of the molecule is CCOC(=O)C(CSC1COC1)(NC1CC1)C1CC1. The average molecular weight is 285 g/mol. The summed E-state index contributed by atoms with van der Waals surface area (Å²) < 4.78 is 10.6. The van der Waals surface area contributed by atoms with E-state index in [1.54, 1.807) is 0 Å². The molecule has 3 rings (SSSR count). The maximum atomic E-state index is 12.5. The van der Waals surface area contributed by atoms with Crippen molar-refractivity contribution in [3.05, 3.63) is 0 Å². The van der Waals surface area contributed by atoms with Gasteiger partial charge >= 0.3 is 5.97 Å². The van der Waals surface area contributed by atoms with Gasteiger partial charge in [-0.25, -0.2) is 0 Å². The molecule has 0 aromatic rings. The van der Waals surface area contributed by atoms with E-state index in [0.717, 1.165) is 31.8 Å². The van der Waals surface area contributed by atoms with Gasteiger partial charge in [0.2, 0.25) is 0 Å². The fourth-order valence-electron chi connectivity index (χ4n) is 2.55. The van der Waals surface area contributed by atoms with Crippen LogP contribution in [0.15, 0.2) is 0 Å². The van der Waals surface area contributed by atoms with Gasteiger partial charge in [0.25, 0.3) is 0 Å². The second-order valence-corrected chi connectivity index (χ2v) is 7.14. The minimum atomic E-state index is -0.433. The lowest BCUT2D eigenvalue weighted by molar-refractivity contribution is -0.151. The second kappa shape index (κ2) is 5.62. The molecule has 1 atom stereocenters. The first-order valence-corrected chi connectivity index (χ1v) is 8.43. The molecule has 2 saturated carbocycles. The molecule has 0 aromatic heterocycles. The van der Waals surface area contributed by atoms with Crippen LogP contribution in [0.5, 0.6) is 0 Å². The topological polar surface area (TPSA) is 47.6 Å². The molecule has 1 N–H and O–H groups in total. The molecule has 1 aliphatic heterocycles. The van der Waals surface area contributed by atoms with Crippen molar-refractivity contribution in [3.63, 3.8) is 0 Å². The molecule has 5 heteroatoms. The summed E-state index contributed by atoms with van der Waals surface area (Å²) in [6.45, 7) is 4.02. The first-order chi connectivity index (χ1) is 9.24. The van der Waals surface area contributed by atoms with Crippen molar-refractivity contribution in [2.24, 2.45) is 5.92 Å². The molecule has 0 radical (unpaired) electrons. The van der Waals surface area contributed by atoms with Crippen molar-refractivity contribution >= 4 is 17.7 Å². The first kappa shape index (κ1) is 13.7. The number of nitrogens with one attached hydrogen (secondary N) is 1. The van der Waals surface area contributed by atoms with Gasteiger partial charge in [-0.1, -0.05) is 0 Å². The van der Waals surface area contributed by atoms with Gasteiger partial charge < -0.3 is 9.47 Å². The van der Waals surface area contributed by atoms with Crippen LogP contribution in [-0.4, -0.2) is 48.4 Å². The third kappa shape index (κ3) is 3.09. The van der Waals surface area contributed by atoms with E-state index in [1.807, 2.05) is 18.7 Å². The summed E-state index contributed by atoms with van der Waals surface area (Å²) in [6, 6.07) is 0.531. The fourth-order valence-corrected chi connectivity index (χ4v) is 3.87. The molecule has 2 aliphatic carbocycles. The van der Waals surface area contributed by atoms with Gasteiger partial charge in [-0.05, 0) is 38.5 Å². The molecule has 0 amide bonds. The zero-order valence-electron chi connectivity index (χ0n) is 11.5. The molecule has 1 heterocycles. The van der Waals surface area contributed by atoms with Crippen molar-refractivity contribution in [2.75, 3.05) is 25.6 Å². The Bertz CT molecular complexity index is 340. The Morgan fingerprint density at radius 1 is 1.37 bits per heavy atom. The standard InChI is InChI=1S/C14H23NO3S/c1-2-18-13(16)14(10-3-4-10,15-11-5-6-11)9-19-12-7-17-8-12/h10-12,15H,2-9H2,1H3. The van der Waals surface area contributed by atoms with Crippen LogP contribution in [0.25, 0.3) is 0 Å².